The van der Waals surface area contributed by atoms with Crippen molar-refractivity contribution in [2.75, 3.05) is 13.7 Å². The SMILES string of the molecule is CCOC(=O)C1=C(C(C)C)NC(=O)NC1c1ccc(OC)c(OCc2ccc(C)cc2)c1. The van der Waals surface area contributed by atoms with Gasteiger partial charge in [-0.3, -0.25) is 0 Å². The van der Waals surface area contributed by atoms with E-state index in [0.29, 0.717) is 34.9 Å². The minimum absolute atomic E-state index is 0.0709. The lowest BCUT2D eigenvalue weighted by atomic mass is 9.91. The minimum atomic E-state index is -0.673. The molecule has 1 heterocycles. The lowest BCUT2D eigenvalue weighted by Gasteiger charge is -2.31. The number of nitrogens with one attached hydrogen (secondary N) is 2. The van der Waals surface area contributed by atoms with Gasteiger partial charge in [0.05, 0.1) is 25.3 Å². The van der Waals surface area contributed by atoms with E-state index in [9.17, 15) is 9.59 Å². The third kappa shape index (κ3) is 5.22. The fourth-order valence-electron chi connectivity index (χ4n) is 3.56. The molecule has 7 heteroatoms. The van der Waals surface area contributed by atoms with E-state index in [1.54, 1.807) is 26.2 Å². The Balaban J connectivity index is 1.98. The molecule has 1 atom stereocenters. The van der Waals surface area contributed by atoms with E-state index >= 15 is 0 Å². The second-order valence-electron chi connectivity index (χ2n) is 7.92. The number of benzene rings is 2. The lowest BCUT2D eigenvalue weighted by Crippen LogP contribution is -2.47. The molecule has 1 aliphatic heterocycles. The number of hydrogen-bond acceptors (Lipinski definition) is 5. The molecule has 0 bridgehead atoms. The summed E-state index contributed by atoms with van der Waals surface area (Å²) in [5.74, 6) is 0.546. The van der Waals surface area contributed by atoms with Gasteiger partial charge in [0.25, 0.3) is 0 Å². The second-order valence-corrected chi connectivity index (χ2v) is 7.92. The predicted molar refractivity (Wildman–Crippen MR) is 121 cm³/mol. The van der Waals surface area contributed by atoms with E-state index in [1.807, 2.05) is 51.1 Å². The normalized spacial score (nSPS) is 15.8. The highest BCUT2D eigenvalue weighted by molar-refractivity contribution is 5.95. The molecule has 0 aromatic heterocycles. The van der Waals surface area contributed by atoms with Crippen LogP contribution in [0.25, 0.3) is 0 Å². The van der Waals surface area contributed by atoms with Crippen LogP contribution in [-0.2, 0) is 16.1 Å². The number of ether oxygens (including phenoxy) is 3. The van der Waals surface area contributed by atoms with Gasteiger partial charge in [-0.2, -0.15) is 0 Å². The van der Waals surface area contributed by atoms with Gasteiger partial charge in [0.2, 0.25) is 0 Å². The molecule has 0 saturated heterocycles. The summed E-state index contributed by atoms with van der Waals surface area (Å²) in [6.45, 7) is 8.22. The Kier molecular flexibility index (Phi) is 7.41. The van der Waals surface area contributed by atoms with Gasteiger partial charge in [0.15, 0.2) is 11.5 Å². The summed E-state index contributed by atoms with van der Waals surface area (Å²) in [5.41, 5.74) is 3.83. The quantitative estimate of drug-likeness (QED) is 0.597. The van der Waals surface area contributed by atoms with Crippen molar-refractivity contribution in [3.8, 4) is 11.5 Å². The van der Waals surface area contributed by atoms with E-state index in [4.69, 9.17) is 14.2 Å². The molecule has 0 saturated carbocycles. The summed E-state index contributed by atoms with van der Waals surface area (Å²) in [6, 6.07) is 12.4. The third-order valence-corrected chi connectivity index (χ3v) is 5.21. The molecule has 7 nitrogen and oxygen atoms in total. The summed E-state index contributed by atoms with van der Waals surface area (Å²) in [7, 11) is 1.57. The number of rotatable bonds is 8. The molecule has 2 aromatic rings. The van der Waals surface area contributed by atoms with Crippen molar-refractivity contribution < 1.29 is 23.8 Å². The standard InChI is InChI=1S/C25H30N2O5/c1-6-31-24(28)21-22(15(2)3)26-25(29)27-23(21)18-11-12-19(30-5)20(13-18)32-14-17-9-7-16(4)8-10-17/h7-13,15,23H,6,14H2,1-5H3,(H2,26,27,29). The number of carbonyl (C=O) groups is 2. The van der Waals surface area contributed by atoms with Gasteiger partial charge >= 0.3 is 12.0 Å². The molecule has 0 fully saturated rings. The molecule has 32 heavy (non-hydrogen) atoms. The molecule has 2 N–H and O–H groups in total. The topological polar surface area (TPSA) is 85.9 Å². The van der Waals surface area contributed by atoms with Crippen LogP contribution in [0.5, 0.6) is 11.5 Å². The average Bonchev–Trinajstić information content (AvgIpc) is 2.78. The van der Waals surface area contributed by atoms with Crippen molar-refractivity contribution in [1.82, 2.24) is 10.6 Å². The maximum atomic E-state index is 12.8. The molecule has 2 amide bonds. The summed E-state index contributed by atoms with van der Waals surface area (Å²) >= 11 is 0. The van der Waals surface area contributed by atoms with Gasteiger partial charge in [0, 0.05) is 5.70 Å². The first-order valence-corrected chi connectivity index (χ1v) is 10.7. The van der Waals surface area contributed by atoms with Crippen LogP contribution in [0.2, 0.25) is 0 Å². The number of amides is 2. The fraction of sp³-hybridized carbons (Fsp3) is 0.360. The van der Waals surface area contributed by atoms with Crippen LogP contribution in [-0.4, -0.2) is 25.7 Å². The molecule has 1 unspecified atom stereocenters. The highest BCUT2D eigenvalue weighted by atomic mass is 16.5. The Labute approximate surface area is 188 Å². The van der Waals surface area contributed by atoms with Gasteiger partial charge < -0.3 is 24.8 Å². The number of allylic oxidation sites excluding steroid dienone is 1. The zero-order valence-corrected chi connectivity index (χ0v) is 19.2. The Hall–Kier alpha value is -3.48. The third-order valence-electron chi connectivity index (χ3n) is 5.21. The van der Waals surface area contributed by atoms with Crippen LogP contribution in [0.3, 0.4) is 0 Å². The van der Waals surface area contributed by atoms with Gasteiger partial charge in [-0.05, 0) is 43.0 Å². The maximum Gasteiger partial charge on any atom is 0.338 e. The van der Waals surface area contributed by atoms with Crippen molar-refractivity contribution in [2.24, 2.45) is 5.92 Å². The van der Waals surface area contributed by atoms with Crippen LogP contribution in [0.4, 0.5) is 4.79 Å². The second kappa shape index (κ2) is 10.2. The molecular formula is C25H30N2O5. The van der Waals surface area contributed by atoms with Crippen molar-refractivity contribution in [3.05, 3.63) is 70.4 Å². The van der Waals surface area contributed by atoms with E-state index in [1.165, 1.54) is 5.56 Å². The number of urea groups is 1. The Morgan fingerprint density at radius 3 is 2.44 bits per heavy atom. The number of carbonyl (C=O) groups excluding carboxylic acids is 2. The lowest BCUT2D eigenvalue weighted by molar-refractivity contribution is -0.139. The smallest absolute Gasteiger partial charge is 0.338 e. The summed E-state index contributed by atoms with van der Waals surface area (Å²) < 4.78 is 16.8. The largest absolute Gasteiger partial charge is 0.493 e. The van der Waals surface area contributed by atoms with Crippen molar-refractivity contribution in [2.45, 2.75) is 40.3 Å². The Bertz CT molecular complexity index is 1010. The molecule has 2 aromatic carbocycles. The molecule has 3 rings (SSSR count). The number of methoxy groups -OCH3 is 1. The van der Waals surface area contributed by atoms with Crippen LogP contribution in [0, 0.1) is 12.8 Å². The van der Waals surface area contributed by atoms with Crippen LogP contribution in [0.15, 0.2) is 53.7 Å². The summed E-state index contributed by atoms with van der Waals surface area (Å²) in [5, 5.41) is 5.61. The van der Waals surface area contributed by atoms with Crippen LogP contribution < -0.4 is 20.1 Å². The number of esters is 1. The van der Waals surface area contributed by atoms with Crippen LogP contribution >= 0.6 is 0 Å². The van der Waals surface area contributed by atoms with Crippen molar-refractivity contribution in [1.29, 1.82) is 0 Å². The van der Waals surface area contributed by atoms with E-state index < -0.39 is 12.0 Å². The van der Waals surface area contributed by atoms with Gasteiger partial charge in [-0.1, -0.05) is 49.7 Å². The predicted octanol–water partition coefficient (Wildman–Crippen LogP) is 4.41. The highest BCUT2D eigenvalue weighted by Gasteiger charge is 2.35. The molecule has 0 radical (unpaired) electrons. The molecule has 0 aliphatic carbocycles. The van der Waals surface area contributed by atoms with E-state index in [2.05, 4.69) is 10.6 Å². The van der Waals surface area contributed by atoms with Gasteiger partial charge in [-0.15, -0.1) is 0 Å². The fourth-order valence-corrected chi connectivity index (χ4v) is 3.56. The molecule has 1 aliphatic rings. The molecular weight excluding hydrogens is 408 g/mol. The zero-order chi connectivity index (χ0) is 23.3. The van der Waals surface area contributed by atoms with Crippen LogP contribution in [0.1, 0.15) is 43.5 Å². The average molecular weight is 439 g/mol. The summed E-state index contributed by atoms with van der Waals surface area (Å²) in [4.78, 5) is 25.2. The number of aryl methyl sites for hydroxylation is 1. The monoisotopic (exact) mass is 438 g/mol. The van der Waals surface area contributed by atoms with Crippen molar-refractivity contribution >= 4 is 12.0 Å². The molecule has 170 valence electrons. The van der Waals surface area contributed by atoms with Crippen molar-refractivity contribution in [3.63, 3.8) is 0 Å². The first-order valence-electron chi connectivity index (χ1n) is 10.7. The first kappa shape index (κ1) is 23.2. The van der Waals surface area contributed by atoms with Gasteiger partial charge in [-0.25, -0.2) is 9.59 Å². The van der Waals surface area contributed by atoms with E-state index in [0.717, 1.165) is 5.56 Å². The molecule has 0 spiro atoms. The Morgan fingerprint density at radius 2 is 1.81 bits per heavy atom. The highest BCUT2D eigenvalue weighted by Crippen LogP contribution is 2.36. The minimum Gasteiger partial charge on any atom is -0.493 e. The van der Waals surface area contributed by atoms with E-state index in [-0.39, 0.29) is 18.6 Å². The van der Waals surface area contributed by atoms with Gasteiger partial charge in [0.1, 0.15) is 6.61 Å². The zero-order valence-electron chi connectivity index (χ0n) is 19.2. The maximum absolute atomic E-state index is 12.8. The number of hydrogen-bond donors (Lipinski definition) is 2. The first-order chi connectivity index (χ1) is 15.3. The summed E-state index contributed by atoms with van der Waals surface area (Å²) in [6.07, 6.45) is 0. The Morgan fingerprint density at radius 1 is 1.09 bits per heavy atom.